The lowest BCUT2D eigenvalue weighted by Crippen LogP contribution is -2.25. The fraction of sp³-hybridized carbons (Fsp3) is 0.412. The molecule has 2 aliphatic rings. The van der Waals surface area contributed by atoms with E-state index < -0.39 is 0 Å². The van der Waals surface area contributed by atoms with Gasteiger partial charge in [0.15, 0.2) is 5.78 Å². The predicted octanol–water partition coefficient (Wildman–Crippen LogP) is 2.94. The van der Waals surface area contributed by atoms with Crippen LogP contribution in [0.15, 0.2) is 41.6 Å². The minimum atomic E-state index is -0.126. The third kappa shape index (κ3) is 1.89. The molecule has 0 aromatic heterocycles. The molecule has 0 saturated heterocycles. The summed E-state index contributed by atoms with van der Waals surface area (Å²) in [6.07, 6.45) is 0.811. The zero-order valence-electron chi connectivity index (χ0n) is 12.1. The van der Waals surface area contributed by atoms with E-state index in [1.54, 1.807) is 19.1 Å². The number of carbonyl (C=O) groups is 2. The second-order valence-electron chi connectivity index (χ2n) is 6.38. The number of rotatable bonds is 3. The van der Waals surface area contributed by atoms with Gasteiger partial charge in [-0.15, -0.1) is 0 Å². The standard InChI is InChI=1S/C17H19NO2/c1-10(19)14-13(9-12-15(14)17(12,2)3)18-16(20)11-7-5-4-6-8-11/h4-8,12,15H,9H2,1-3H3,(H,18,20). The molecule has 2 aliphatic carbocycles. The number of Topliss-reactive ketones (excluding diaryl/α,β-unsaturated/α-hetero) is 1. The molecule has 20 heavy (non-hydrogen) atoms. The second kappa shape index (κ2) is 4.30. The number of fused-ring (bicyclic) bond motifs is 1. The van der Waals surface area contributed by atoms with Crippen molar-refractivity contribution in [1.82, 2.24) is 5.32 Å². The molecule has 2 atom stereocenters. The average Bonchev–Trinajstić information content (AvgIpc) is 2.77. The van der Waals surface area contributed by atoms with Crippen molar-refractivity contribution in [2.75, 3.05) is 0 Å². The first kappa shape index (κ1) is 13.1. The molecule has 3 rings (SSSR count). The van der Waals surface area contributed by atoms with Crippen LogP contribution >= 0.6 is 0 Å². The lowest BCUT2D eigenvalue weighted by Gasteiger charge is -2.15. The van der Waals surface area contributed by atoms with Crippen LogP contribution in [-0.2, 0) is 4.79 Å². The maximum Gasteiger partial charge on any atom is 0.255 e. The van der Waals surface area contributed by atoms with Gasteiger partial charge in [0, 0.05) is 16.8 Å². The van der Waals surface area contributed by atoms with Crippen molar-refractivity contribution in [1.29, 1.82) is 0 Å². The highest BCUT2D eigenvalue weighted by Crippen LogP contribution is 2.68. The van der Waals surface area contributed by atoms with Gasteiger partial charge < -0.3 is 5.32 Å². The molecular weight excluding hydrogens is 250 g/mol. The molecule has 1 amide bonds. The zero-order valence-corrected chi connectivity index (χ0v) is 12.1. The summed E-state index contributed by atoms with van der Waals surface area (Å²) in [4.78, 5) is 24.1. The number of benzene rings is 1. The van der Waals surface area contributed by atoms with Gasteiger partial charge in [-0.05, 0) is 42.7 Å². The molecule has 0 bridgehead atoms. The number of carbonyl (C=O) groups excluding carboxylic acids is 2. The average molecular weight is 269 g/mol. The van der Waals surface area contributed by atoms with Gasteiger partial charge in [0.2, 0.25) is 0 Å². The van der Waals surface area contributed by atoms with Gasteiger partial charge in [-0.1, -0.05) is 32.0 Å². The zero-order chi connectivity index (χ0) is 14.5. The molecule has 1 saturated carbocycles. The van der Waals surface area contributed by atoms with Crippen molar-refractivity contribution >= 4 is 11.7 Å². The summed E-state index contributed by atoms with van der Waals surface area (Å²) in [5.41, 5.74) is 2.51. The van der Waals surface area contributed by atoms with E-state index in [1.807, 2.05) is 18.2 Å². The molecule has 2 unspecified atom stereocenters. The van der Waals surface area contributed by atoms with Crippen LogP contribution in [0.1, 0.15) is 37.6 Å². The Balaban J connectivity index is 1.84. The normalized spacial score (nSPS) is 26.1. The summed E-state index contributed by atoms with van der Waals surface area (Å²) >= 11 is 0. The van der Waals surface area contributed by atoms with E-state index in [-0.39, 0.29) is 17.1 Å². The van der Waals surface area contributed by atoms with Crippen molar-refractivity contribution in [3.63, 3.8) is 0 Å². The molecule has 0 aliphatic heterocycles. The van der Waals surface area contributed by atoms with Crippen LogP contribution in [0.3, 0.4) is 0 Å². The minimum Gasteiger partial charge on any atom is -0.325 e. The highest BCUT2D eigenvalue weighted by Gasteiger charge is 2.63. The summed E-state index contributed by atoms with van der Waals surface area (Å²) < 4.78 is 0. The maximum absolute atomic E-state index is 12.2. The molecular formula is C17H19NO2. The summed E-state index contributed by atoms with van der Waals surface area (Å²) in [6, 6.07) is 9.12. The van der Waals surface area contributed by atoms with Crippen LogP contribution in [0.25, 0.3) is 0 Å². The predicted molar refractivity (Wildman–Crippen MR) is 77.0 cm³/mol. The molecule has 0 heterocycles. The first-order valence-corrected chi connectivity index (χ1v) is 7.03. The maximum atomic E-state index is 12.2. The summed E-state index contributed by atoms with van der Waals surface area (Å²) in [5.74, 6) is 0.795. The topological polar surface area (TPSA) is 46.2 Å². The molecule has 3 nitrogen and oxygen atoms in total. The molecule has 104 valence electrons. The number of hydrogen-bond donors (Lipinski definition) is 1. The minimum absolute atomic E-state index is 0.0893. The SMILES string of the molecule is CC(=O)C1=C(NC(=O)c2ccccc2)CC2C1C2(C)C. The van der Waals surface area contributed by atoms with Crippen molar-refractivity contribution < 1.29 is 9.59 Å². The first-order valence-electron chi connectivity index (χ1n) is 7.03. The van der Waals surface area contributed by atoms with Crippen molar-refractivity contribution in [3.8, 4) is 0 Å². The van der Waals surface area contributed by atoms with E-state index in [0.29, 0.717) is 17.4 Å². The van der Waals surface area contributed by atoms with Gasteiger partial charge in [-0.3, -0.25) is 9.59 Å². The lowest BCUT2D eigenvalue weighted by atomic mass is 9.96. The van der Waals surface area contributed by atoms with Crippen molar-refractivity contribution in [2.45, 2.75) is 27.2 Å². The molecule has 1 aromatic rings. The third-order valence-corrected chi connectivity index (χ3v) is 4.79. The van der Waals surface area contributed by atoms with Crippen LogP contribution in [-0.4, -0.2) is 11.7 Å². The number of ketones is 1. The Morgan fingerprint density at radius 3 is 2.45 bits per heavy atom. The fourth-order valence-corrected chi connectivity index (χ4v) is 3.56. The molecule has 0 spiro atoms. The molecule has 0 radical (unpaired) electrons. The lowest BCUT2D eigenvalue weighted by molar-refractivity contribution is -0.114. The summed E-state index contributed by atoms with van der Waals surface area (Å²) in [6.45, 7) is 5.99. The second-order valence-corrected chi connectivity index (χ2v) is 6.38. The highest BCUT2D eigenvalue weighted by molar-refractivity contribution is 6.00. The van der Waals surface area contributed by atoms with Gasteiger partial charge >= 0.3 is 0 Å². The summed E-state index contributed by atoms with van der Waals surface area (Å²) in [5, 5.41) is 2.95. The van der Waals surface area contributed by atoms with Crippen molar-refractivity contribution in [2.24, 2.45) is 17.3 Å². The largest absolute Gasteiger partial charge is 0.325 e. The van der Waals surface area contributed by atoms with Gasteiger partial charge in [0.25, 0.3) is 5.91 Å². The van der Waals surface area contributed by atoms with Gasteiger partial charge in [0.05, 0.1) is 0 Å². The quantitative estimate of drug-likeness (QED) is 0.917. The number of allylic oxidation sites excluding steroid dienone is 2. The van der Waals surface area contributed by atoms with E-state index in [2.05, 4.69) is 19.2 Å². The Hall–Kier alpha value is -1.90. The van der Waals surface area contributed by atoms with Gasteiger partial charge in [-0.2, -0.15) is 0 Å². The molecule has 1 aromatic carbocycles. The Morgan fingerprint density at radius 2 is 1.85 bits per heavy atom. The monoisotopic (exact) mass is 269 g/mol. The number of amides is 1. The van der Waals surface area contributed by atoms with E-state index >= 15 is 0 Å². The summed E-state index contributed by atoms with van der Waals surface area (Å²) in [7, 11) is 0. The Morgan fingerprint density at radius 1 is 1.20 bits per heavy atom. The Kier molecular flexibility index (Phi) is 2.82. The molecule has 1 N–H and O–H groups in total. The van der Waals surface area contributed by atoms with Crippen LogP contribution in [0, 0.1) is 17.3 Å². The highest BCUT2D eigenvalue weighted by atomic mass is 16.1. The van der Waals surface area contributed by atoms with E-state index in [4.69, 9.17) is 0 Å². The van der Waals surface area contributed by atoms with Crippen molar-refractivity contribution in [3.05, 3.63) is 47.2 Å². The van der Waals surface area contributed by atoms with Crippen LogP contribution in [0.4, 0.5) is 0 Å². The van der Waals surface area contributed by atoms with E-state index in [9.17, 15) is 9.59 Å². The van der Waals surface area contributed by atoms with E-state index in [0.717, 1.165) is 17.7 Å². The first-order chi connectivity index (χ1) is 9.43. The number of hydrogen-bond acceptors (Lipinski definition) is 2. The molecule has 1 fully saturated rings. The smallest absolute Gasteiger partial charge is 0.255 e. The Labute approximate surface area is 119 Å². The fourth-order valence-electron chi connectivity index (χ4n) is 3.56. The third-order valence-electron chi connectivity index (χ3n) is 4.79. The van der Waals surface area contributed by atoms with Crippen LogP contribution in [0.2, 0.25) is 0 Å². The Bertz CT molecular complexity index is 613. The number of nitrogens with one attached hydrogen (secondary N) is 1. The van der Waals surface area contributed by atoms with Crippen LogP contribution < -0.4 is 5.32 Å². The van der Waals surface area contributed by atoms with Gasteiger partial charge in [-0.25, -0.2) is 0 Å². The van der Waals surface area contributed by atoms with Gasteiger partial charge in [0.1, 0.15) is 0 Å². The van der Waals surface area contributed by atoms with Crippen LogP contribution in [0.5, 0.6) is 0 Å². The van der Waals surface area contributed by atoms with E-state index in [1.165, 1.54) is 0 Å². The molecule has 3 heteroatoms.